The lowest BCUT2D eigenvalue weighted by molar-refractivity contribution is -0.129. The van der Waals surface area contributed by atoms with E-state index in [0.29, 0.717) is 18.9 Å². The van der Waals surface area contributed by atoms with Crippen LogP contribution >= 0.6 is 0 Å². The third-order valence-corrected chi connectivity index (χ3v) is 2.72. The Kier molecular flexibility index (Phi) is 4.70. The number of nitrogen functional groups attached to an aromatic ring is 1. The molecule has 0 saturated carbocycles. The number of hydrogen-bond acceptors (Lipinski definition) is 5. The fourth-order valence-electron chi connectivity index (χ4n) is 1.66. The Morgan fingerprint density at radius 2 is 2.06 bits per heavy atom. The van der Waals surface area contributed by atoms with Crippen LogP contribution in [0.1, 0.15) is 13.8 Å². The van der Waals surface area contributed by atoms with Gasteiger partial charge in [0.15, 0.2) is 5.82 Å². The van der Waals surface area contributed by atoms with Crippen LogP contribution in [0.3, 0.4) is 0 Å². The van der Waals surface area contributed by atoms with Crippen LogP contribution < -0.4 is 16.2 Å². The first-order chi connectivity index (χ1) is 8.51. The molecule has 1 aromatic heterocycles. The summed E-state index contributed by atoms with van der Waals surface area (Å²) >= 11 is 0. The van der Waals surface area contributed by atoms with Crippen LogP contribution in [-0.4, -0.2) is 47.5 Å². The van der Waals surface area contributed by atoms with Gasteiger partial charge >= 0.3 is 0 Å². The second-order valence-corrected chi connectivity index (χ2v) is 3.89. The summed E-state index contributed by atoms with van der Waals surface area (Å²) in [6, 6.07) is 0. The largest absolute Gasteiger partial charge is 0.391 e. The molecular weight excluding hydrogens is 234 g/mol. The van der Waals surface area contributed by atoms with Gasteiger partial charge in [0, 0.05) is 20.1 Å². The van der Waals surface area contributed by atoms with E-state index in [9.17, 15) is 9.59 Å². The van der Waals surface area contributed by atoms with E-state index in [1.54, 1.807) is 16.8 Å². The Bertz CT molecular complexity index is 467. The smallest absolute Gasteiger partial charge is 0.276 e. The van der Waals surface area contributed by atoms with Crippen molar-refractivity contribution in [2.24, 2.45) is 0 Å². The number of carbonyl (C=O) groups is 1. The number of nitrogens with one attached hydrogen (secondary N) is 1. The molecule has 1 heterocycles. The van der Waals surface area contributed by atoms with Crippen LogP contribution in [0.4, 0.5) is 11.5 Å². The molecule has 0 bridgehead atoms. The van der Waals surface area contributed by atoms with Crippen LogP contribution in [-0.2, 0) is 4.79 Å². The fourth-order valence-corrected chi connectivity index (χ4v) is 1.66. The Labute approximate surface area is 106 Å². The number of likely N-dealkylation sites (N-methyl/N-ethyl adjacent to an activating group) is 2. The number of carbonyl (C=O) groups excluding carboxylic acids is 1. The van der Waals surface area contributed by atoms with Crippen molar-refractivity contribution in [3.8, 4) is 0 Å². The monoisotopic (exact) mass is 253 g/mol. The lowest BCUT2D eigenvalue weighted by Crippen LogP contribution is -2.39. The van der Waals surface area contributed by atoms with Gasteiger partial charge in [0.25, 0.3) is 5.56 Å². The third-order valence-electron chi connectivity index (χ3n) is 2.72. The van der Waals surface area contributed by atoms with Gasteiger partial charge in [-0.05, 0) is 13.8 Å². The number of hydrogen-bond donors (Lipinski definition) is 2. The van der Waals surface area contributed by atoms with E-state index in [4.69, 9.17) is 5.73 Å². The lowest BCUT2D eigenvalue weighted by atomic mass is 10.4. The molecule has 0 radical (unpaired) electrons. The highest BCUT2D eigenvalue weighted by Gasteiger charge is 2.16. The molecule has 1 amide bonds. The van der Waals surface area contributed by atoms with E-state index in [1.807, 2.05) is 13.8 Å². The molecule has 7 heteroatoms. The zero-order valence-corrected chi connectivity index (χ0v) is 10.9. The Morgan fingerprint density at radius 1 is 1.44 bits per heavy atom. The van der Waals surface area contributed by atoms with Crippen molar-refractivity contribution in [1.82, 2.24) is 14.9 Å². The van der Waals surface area contributed by atoms with E-state index < -0.39 is 5.56 Å². The summed E-state index contributed by atoms with van der Waals surface area (Å²) in [5.74, 6) is 0.295. The second-order valence-electron chi connectivity index (χ2n) is 3.89. The summed E-state index contributed by atoms with van der Waals surface area (Å²) in [6.07, 6.45) is 1.27. The molecule has 7 nitrogen and oxygen atoms in total. The topological polar surface area (TPSA) is 95.3 Å². The van der Waals surface area contributed by atoms with Gasteiger partial charge in [-0.2, -0.15) is 0 Å². The number of H-pyrrole nitrogens is 1. The summed E-state index contributed by atoms with van der Waals surface area (Å²) in [6.45, 7) is 5.29. The highest BCUT2D eigenvalue weighted by atomic mass is 16.2. The minimum atomic E-state index is -0.401. The van der Waals surface area contributed by atoms with Crippen molar-refractivity contribution in [3.05, 3.63) is 16.7 Å². The molecule has 0 saturated heterocycles. The number of nitrogens with zero attached hydrogens (tertiary/aromatic N) is 3. The molecule has 18 heavy (non-hydrogen) atoms. The molecule has 0 aromatic carbocycles. The first-order valence-electron chi connectivity index (χ1n) is 5.83. The normalized spacial score (nSPS) is 10.2. The number of nitrogens with two attached hydrogens (primary N) is 1. The Hall–Kier alpha value is -2.05. The average molecular weight is 253 g/mol. The minimum absolute atomic E-state index is 0.0207. The molecule has 3 N–H and O–H groups in total. The quantitative estimate of drug-likeness (QED) is 0.748. The lowest BCUT2D eigenvalue weighted by Gasteiger charge is -2.24. The maximum Gasteiger partial charge on any atom is 0.276 e. The zero-order valence-electron chi connectivity index (χ0n) is 10.9. The first kappa shape index (κ1) is 14.0. The molecule has 0 unspecified atom stereocenters. The highest BCUT2D eigenvalue weighted by molar-refractivity contribution is 5.82. The fraction of sp³-hybridized carbons (Fsp3) is 0.545. The van der Waals surface area contributed by atoms with Gasteiger partial charge in [-0.25, -0.2) is 4.98 Å². The van der Waals surface area contributed by atoms with Gasteiger partial charge < -0.3 is 20.5 Å². The SMILES string of the molecule is CCN(CC)C(=O)CN(C)c1nc[nH]c(=O)c1N. The summed E-state index contributed by atoms with van der Waals surface area (Å²) in [5, 5.41) is 0. The van der Waals surface area contributed by atoms with E-state index in [2.05, 4.69) is 9.97 Å². The second kappa shape index (κ2) is 6.04. The van der Waals surface area contributed by atoms with Crippen LogP contribution in [0, 0.1) is 0 Å². The Morgan fingerprint density at radius 3 is 2.61 bits per heavy atom. The molecule has 0 aliphatic carbocycles. The van der Waals surface area contributed by atoms with Crippen LogP contribution in [0.2, 0.25) is 0 Å². The molecule has 1 rings (SSSR count). The molecule has 1 aromatic rings. The zero-order chi connectivity index (χ0) is 13.7. The molecule has 0 atom stereocenters. The minimum Gasteiger partial charge on any atom is -0.391 e. The van der Waals surface area contributed by atoms with E-state index >= 15 is 0 Å². The standard InChI is InChI=1S/C11H19N5O2/c1-4-16(5-2)8(17)6-15(3)10-9(12)11(18)14-7-13-10/h7H,4-6,12H2,1-3H3,(H,13,14,18). The van der Waals surface area contributed by atoms with Crippen molar-refractivity contribution in [2.45, 2.75) is 13.8 Å². The van der Waals surface area contributed by atoms with E-state index in [-0.39, 0.29) is 18.1 Å². The number of anilines is 2. The maximum atomic E-state index is 11.9. The molecular formula is C11H19N5O2. The van der Waals surface area contributed by atoms with Gasteiger partial charge in [-0.1, -0.05) is 0 Å². The summed E-state index contributed by atoms with van der Waals surface area (Å²) in [4.78, 5) is 32.9. The van der Waals surface area contributed by atoms with Crippen molar-refractivity contribution >= 4 is 17.4 Å². The predicted octanol–water partition coefficient (Wildman–Crippen LogP) is -0.343. The van der Waals surface area contributed by atoms with Gasteiger partial charge in [0.1, 0.15) is 5.69 Å². The summed E-state index contributed by atoms with van der Waals surface area (Å²) < 4.78 is 0. The van der Waals surface area contributed by atoms with E-state index in [1.165, 1.54) is 6.33 Å². The van der Waals surface area contributed by atoms with Crippen molar-refractivity contribution in [3.63, 3.8) is 0 Å². The number of aromatic amines is 1. The van der Waals surface area contributed by atoms with Crippen molar-refractivity contribution < 1.29 is 4.79 Å². The van der Waals surface area contributed by atoms with Gasteiger partial charge in [-0.15, -0.1) is 0 Å². The van der Waals surface area contributed by atoms with Crippen molar-refractivity contribution in [2.75, 3.05) is 37.3 Å². The maximum absolute atomic E-state index is 11.9. The average Bonchev–Trinajstić information content (AvgIpc) is 2.34. The molecule has 0 aliphatic heterocycles. The van der Waals surface area contributed by atoms with Crippen LogP contribution in [0.5, 0.6) is 0 Å². The molecule has 0 aliphatic rings. The molecule has 100 valence electrons. The van der Waals surface area contributed by atoms with Crippen molar-refractivity contribution in [1.29, 1.82) is 0 Å². The number of amides is 1. The third kappa shape index (κ3) is 2.99. The number of rotatable bonds is 5. The van der Waals surface area contributed by atoms with Crippen LogP contribution in [0.25, 0.3) is 0 Å². The van der Waals surface area contributed by atoms with Gasteiger partial charge in [0.2, 0.25) is 5.91 Å². The summed E-state index contributed by atoms with van der Waals surface area (Å²) in [5.41, 5.74) is 5.25. The van der Waals surface area contributed by atoms with Gasteiger partial charge in [0.05, 0.1) is 12.9 Å². The van der Waals surface area contributed by atoms with Gasteiger partial charge in [-0.3, -0.25) is 9.59 Å². The molecule has 0 spiro atoms. The number of aromatic nitrogens is 2. The molecule has 0 fully saturated rings. The van der Waals surface area contributed by atoms with Crippen LogP contribution in [0.15, 0.2) is 11.1 Å². The summed E-state index contributed by atoms with van der Waals surface area (Å²) in [7, 11) is 1.68. The predicted molar refractivity (Wildman–Crippen MR) is 70.5 cm³/mol. The first-order valence-corrected chi connectivity index (χ1v) is 5.83. The van der Waals surface area contributed by atoms with E-state index in [0.717, 1.165) is 0 Å². The highest BCUT2D eigenvalue weighted by Crippen LogP contribution is 2.12. The Balaban J connectivity index is 2.82.